The second-order valence-electron chi connectivity index (χ2n) is 3.71. The van der Waals surface area contributed by atoms with Crippen LogP contribution in [0.3, 0.4) is 0 Å². The van der Waals surface area contributed by atoms with Crippen molar-refractivity contribution in [1.82, 2.24) is 4.98 Å². The third-order valence-electron chi connectivity index (χ3n) is 2.50. The summed E-state index contributed by atoms with van der Waals surface area (Å²) in [4.78, 5) is 16.3. The molecule has 0 saturated heterocycles. The zero-order valence-electron chi connectivity index (χ0n) is 9.61. The minimum absolute atomic E-state index is 0.171. The standard InChI is InChI=1S/C12H11ClN2O2S/c1-7-11(18-6-15-7)5-14-10-3-2-8(13)4-9(10)12(16)17/h2-4,6,14H,5H2,1H3,(H,16,17). The van der Waals surface area contributed by atoms with Gasteiger partial charge in [0, 0.05) is 15.6 Å². The Morgan fingerprint density at radius 3 is 2.94 bits per heavy atom. The number of carboxylic acids is 1. The monoisotopic (exact) mass is 282 g/mol. The lowest BCUT2D eigenvalue weighted by Crippen LogP contribution is -2.06. The van der Waals surface area contributed by atoms with Crippen molar-refractivity contribution in [3.8, 4) is 0 Å². The lowest BCUT2D eigenvalue weighted by Gasteiger charge is -2.09. The van der Waals surface area contributed by atoms with Crippen molar-refractivity contribution < 1.29 is 9.90 Å². The molecule has 2 N–H and O–H groups in total. The van der Waals surface area contributed by atoms with Gasteiger partial charge in [0.25, 0.3) is 0 Å². The minimum atomic E-state index is -0.999. The maximum absolute atomic E-state index is 11.1. The first-order valence-corrected chi connectivity index (χ1v) is 6.49. The van der Waals surface area contributed by atoms with Gasteiger partial charge in [-0.2, -0.15) is 0 Å². The first kappa shape index (κ1) is 12.9. The fourth-order valence-electron chi connectivity index (χ4n) is 1.52. The topological polar surface area (TPSA) is 62.2 Å². The summed E-state index contributed by atoms with van der Waals surface area (Å²) >= 11 is 7.33. The quantitative estimate of drug-likeness (QED) is 0.902. The molecular weight excluding hydrogens is 272 g/mol. The average molecular weight is 283 g/mol. The Morgan fingerprint density at radius 2 is 2.33 bits per heavy atom. The molecule has 1 aromatic carbocycles. The van der Waals surface area contributed by atoms with Crippen LogP contribution < -0.4 is 5.32 Å². The molecule has 1 heterocycles. The van der Waals surface area contributed by atoms with Crippen LogP contribution in [-0.2, 0) is 6.54 Å². The zero-order valence-corrected chi connectivity index (χ0v) is 11.2. The normalized spacial score (nSPS) is 10.3. The lowest BCUT2D eigenvalue weighted by molar-refractivity contribution is 0.0698. The number of carboxylic acid groups (broad SMARTS) is 1. The first-order valence-electron chi connectivity index (χ1n) is 5.23. The minimum Gasteiger partial charge on any atom is -0.478 e. The number of hydrogen-bond acceptors (Lipinski definition) is 4. The van der Waals surface area contributed by atoms with Gasteiger partial charge in [-0.05, 0) is 25.1 Å². The summed E-state index contributed by atoms with van der Waals surface area (Å²) in [6.07, 6.45) is 0. The molecule has 94 valence electrons. The molecule has 0 radical (unpaired) electrons. The van der Waals surface area contributed by atoms with E-state index in [0.717, 1.165) is 10.6 Å². The molecule has 0 unspecified atom stereocenters. The van der Waals surface area contributed by atoms with E-state index in [0.29, 0.717) is 17.3 Å². The van der Waals surface area contributed by atoms with E-state index in [9.17, 15) is 4.79 Å². The van der Waals surface area contributed by atoms with Gasteiger partial charge in [-0.3, -0.25) is 0 Å². The van der Waals surface area contributed by atoms with Crippen LogP contribution in [0, 0.1) is 6.92 Å². The summed E-state index contributed by atoms with van der Waals surface area (Å²) < 4.78 is 0. The van der Waals surface area contributed by atoms with Gasteiger partial charge >= 0.3 is 5.97 Å². The molecule has 0 bridgehead atoms. The van der Waals surface area contributed by atoms with Gasteiger partial charge in [-0.15, -0.1) is 11.3 Å². The Balaban J connectivity index is 2.19. The lowest BCUT2D eigenvalue weighted by atomic mass is 10.2. The number of anilines is 1. The number of nitrogens with one attached hydrogen (secondary N) is 1. The van der Waals surface area contributed by atoms with Crippen molar-refractivity contribution in [2.45, 2.75) is 13.5 Å². The number of carbonyl (C=O) groups is 1. The Bertz CT molecular complexity index is 583. The van der Waals surface area contributed by atoms with E-state index in [2.05, 4.69) is 10.3 Å². The van der Waals surface area contributed by atoms with Crippen molar-refractivity contribution >= 4 is 34.6 Å². The number of benzene rings is 1. The van der Waals surface area contributed by atoms with Crippen molar-refractivity contribution in [3.63, 3.8) is 0 Å². The Hall–Kier alpha value is -1.59. The van der Waals surface area contributed by atoms with Gasteiger partial charge in [-0.25, -0.2) is 9.78 Å². The van der Waals surface area contributed by atoms with Gasteiger partial charge in [-0.1, -0.05) is 11.6 Å². The van der Waals surface area contributed by atoms with Crippen LogP contribution in [0.25, 0.3) is 0 Å². The molecule has 18 heavy (non-hydrogen) atoms. The molecule has 0 atom stereocenters. The molecule has 0 saturated carbocycles. The van der Waals surface area contributed by atoms with E-state index in [4.69, 9.17) is 16.7 Å². The Kier molecular flexibility index (Phi) is 3.84. The highest BCUT2D eigenvalue weighted by Crippen LogP contribution is 2.22. The Morgan fingerprint density at radius 1 is 1.56 bits per heavy atom. The SMILES string of the molecule is Cc1ncsc1CNc1ccc(Cl)cc1C(=O)O. The van der Waals surface area contributed by atoms with E-state index in [1.807, 2.05) is 6.92 Å². The number of halogens is 1. The molecule has 0 fully saturated rings. The molecule has 0 aliphatic carbocycles. The van der Waals surface area contributed by atoms with Gasteiger partial charge in [0.15, 0.2) is 0 Å². The number of aromatic carboxylic acids is 1. The number of hydrogen-bond donors (Lipinski definition) is 2. The molecule has 0 amide bonds. The summed E-state index contributed by atoms with van der Waals surface area (Å²) in [6, 6.07) is 4.77. The van der Waals surface area contributed by atoms with Gasteiger partial charge < -0.3 is 10.4 Å². The van der Waals surface area contributed by atoms with E-state index < -0.39 is 5.97 Å². The van der Waals surface area contributed by atoms with Crippen LogP contribution in [0.1, 0.15) is 20.9 Å². The van der Waals surface area contributed by atoms with Crippen LogP contribution in [0.15, 0.2) is 23.7 Å². The van der Waals surface area contributed by atoms with Crippen molar-refractivity contribution in [2.75, 3.05) is 5.32 Å². The van der Waals surface area contributed by atoms with E-state index in [1.165, 1.54) is 17.4 Å². The summed E-state index contributed by atoms with van der Waals surface area (Å²) in [6.45, 7) is 2.48. The summed E-state index contributed by atoms with van der Waals surface area (Å²) in [5.74, 6) is -0.999. The zero-order chi connectivity index (χ0) is 13.1. The average Bonchev–Trinajstić information content (AvgIpc) is 2.73. The van der Waals surface area contributed by atoms with Crippen LogP contribution in [0.2, 0.25) is 5.02 Å². The maximum atomic E-state index is 11.1. The van der Waals surface area contributed by atoms with Gasteiger partial charge in [0.1, 0.15) is 0 Å². The smallest absolute Gasteiger partial charge is 0.337 e. The van der Waals surface area contributed by atoms with E-state index >= 15 is 0 Å². The summed E-state index contributed by atoms with van der Waals surface area (Å²) in [5.41, 5.74) is 3.45. The molecule has 6 heteroatoms. The third-order valence-corrected chi connectivity index (χ3v) is 3.67. The molecule has 2 rings (SSSR count). The molecule has 0 spiro atoms. The predicted molar refractivity (Wildman–Crippen MR) is 72.6 cm³/mol. The number of nitrogens with zero attached hydrogens (tertiary/aromatic N) is 1. The number of rotatable bonds is 4. The highest BCUT2D eigenvalue weighted by Gasteiger charge is 2.11. The summed E-state index contributed by atoms with van der Waals surface area (Å²) in [5, 5.41) is 12.6. The van der Waals surface area contributed by atoms with E-state index in [1.54, 1.807) is 17.6 Å². The van der Waals surface area contributed by atoms with Crippen LogP contribution >= 0.6 is 22.9 Å². The molecular formula is C12H11ClN2O2S. The first-order chi connectivity index (χ1) is 8.58. The second-order valence-corrected chi connectivity index (χ2v) is 5.09. The number of aryl methyl sites for hydroxylation is 1. The maximum Gasteiger partial charge on any atom is 0.337 e. The second kappa shape index (κ2) is 5.37. The molecule has 1 aromatic heterocycles. The number of thiazole rings is 1. The molecule has 2 aromatic rings. The molecule has 4 nitrogen and oxygen atoms in total. The highest BCUT2D eigenvalue weighted by molar-refractivity contribution is 7.09. The third kappa shape index (κ3) is 2.80. The fraction of sp³-hybridized carbons (Fsp3) is 0.167. The Labute approximate surface area is 113 Å². The largest absolute Gasteiger partial charge is 0.478 e. The summed E-state index contributed by atoms with van der Waals surface area (Å²) in [7, 11) is 0. The van der Waals surface area contributed by atoms with Crippen molar-refractivity contribution in [1.29, 1.82) is 0 Å². The molecule has 0 aliphatic heterocycles. The van der Waals surface area contributed by atoms with Gasteiger partial charge in [0.05, 0.1) is 23.3 Å². The predicted octanol–water partition coefficient (Wildman–Crippen LogP) is 3.42. The van der Waals surface area contributed by atoms with Crippen molar-refractivity contribution in [3.05, 3.63) is 44.9 Å². The van der Waals surface area contributed by atoms with Crippen LogP contribution in [0.5, 0.6) is 0 Å². The highest BCUT2D eigenvalue weighted by atomic mass is 35.5. The fourth-order valence-corrected chi connectivity index (χ4v) is 2.41. The van der Waals surface area contributed by atoms with Crippen molar-refractivity contribution in [2.24, 2.45) is 0 Å². The van der Waals surface area contributed by atoms with E-state index in [-0.39, 0.29) is 5.56 Å². The van der Waals surface area contributed by atoms with Crippen LogP contribution in [-0.4, -0.2) is 16.1 Å². The number of aromatic nitrogens is 1. The molecule has 0 aliphatic rings. The van der Waals surface area contributed by atoms with Crippen LogP contribution in [0.4, 0.5) is 5.69 Å². The van der Waals surface area contributed by atoms with Gasteiger partial charge in [0.2, 0.25) is 0 Å².